The zero-order valence-electron chi connectivity index (χ0n) is 13.6. The van der Waals surface area contributed by atoms with Gasteiger partial charge in [-0.1, -0.05) is 0 Å². The van der Waals surface area contributed by atoms with Crippen molar-refractivity contribution in [3.05, 3.63) is 24.0 Å². The standard InChI is InChI=1S/C16H22FN3O4/c1-2-18-16(22)20-15(21)9-19-13-8-11(17)5-6-14(13)24-10-12-4-3-7-23-12/h5-6,8,12,19H,2-4,7,9-10H2,1H3,(H2,18,20,21,22)/t12-/m0/s1. The van der Waals surface area contributed by atoms with E-state index in [9.17, 15) is 14.0 Å². The first-order chi connectivity index (χ1) is 11.6. The lowest BCUT2D eigenvalue weighted by Crippen LogP contribution is -2.41. The SMILES string of the molecule is CCNC(=O)NC(=O)CNc1cc(F)ccc1OC[C@@H]1CCCO1. The van der Waals surface area contributed by atoms with Gasteiger partial charge in [0.1, 0.15) is 18.2 Å². The second kappa shape index (κ2) is 9.07. The summed E-state index contributed by atoms with van der Waals surface area (Å²) in [5.74, 6) is -0.556. The molecule has 0 bridgehead atoms. The van der Waals surface area contributed by atoms with Crippen LogP contribution in [-0.4, -0.2) is 44.3 Å². The van der Waals surface area contributed by atoms with Gasteiger partial charge < -0.3 is 20.1 Å². The predicted molar refractivity (Wildman–Crippen MR) is 86.6 cm³/mol. The Balaban J connectivity index is 1.89. The van der Waals surface area contributed by atoms with Gasteiger partial charge in [0.05, 0.1) is 18.3 Å². The molecule has 1 atom stereocenters. The molecule has 1 saturated heterocycles. The molecule has 24 heavy (non-hydrogen) atoms. The summed E-state index contributed by atoms with van der Waals surface area (Å²) < 4.78 is 24.6. The summed E-state index contributed by atoms with van der Waals surface area (Å²) in [5, 5.41) is 7.38. The van der Waals surface area contributed by atoms with E-state index in [0.717, 1.165) is 19.4 Å². The average molecular weight is 339 g/mol. The Morgan fingerprint density at radius 3 is 2.96 bits per heavy atom. The third kappa shape index (κ3) is 5.69. The van der Waals surface area contributed by atoms with E-state index in [2.05, 4.69) is 16.0 Å². The number of rotatable bonds is 7. The van der Waals surface area contributed by atoms with E-state index in [0.29, 0.717) is 24.6 Å². The summed E-state index contributed by atoms with van der Waals surface area (Å²) in [6.45, 7) is 3.06. The zero-order chi connectivity index (χ0) is 17.4. The van der Waals surface area contributed by atoms with Crippen LogP contribution < -0.4 is 20.7 Å². The largest absolute Gasteiger partial charge is 0.489 e. The van der Waals surface area contributed by atoms with Gasteiger partial charge >= 0.3 is 6.03 Å². The van der Waals surface area contributed by atoms with Crippen LogP contribution in [0.3, 0.4) is 0 Å². The molecular weight excluding hydrogens is 317 g/mol. The topological polar surface area (TPSA) is 88.7 Å². The first-order valence-electron chi connectivity index (χ1n) is 7.94. The lowest BCUT2D eigenvalue weighted by atomic mass is 10.2. The normalized spacial score (nSPS) is 16.5. The lowest BCUT2D eigenvalue weighted by Gasteiger charge is -2.15. The number of anilines is 1. The van der Waals surface area contributed by atoms with Gasteiger partial charge in [0, 0.05) is 19.2 Å². The van der Waals surface area contributed by atoms with E-state index >= 15 is 0 Å². The van der Waals surface area contributed by atoms with E-state index in [1.807, 2.05) is 0 Å². The Morgan fingerprint density at radius 2 is 2.25 bits per heavy atom. The smallest absolute Gasteiger partial charge is 0.321 e. The molecule has 1 aliphatic rings. The number of imide groups is 1. The molecule has 1 aliphatic heterocycles. The van der Waals surface area contributed by atoms with Crippen molar-refractivity contribution in [2.45, 2.75) is 25.9 Å². The zero-order valence-corrected chi connectivity index (χ0v) is 13.6. The molecule has 1 aromatic carbocycles. The van der Waals surface area contributed by atoms with Crippen LogP contribution in [0.25, 0.3) is 0 Å². The maximum absolute atomic E-state index is 13.4. The molecule has 1 aromatic rings. The van der Waals surface area contributed by atoms with Crippen molar-refractivity contribution in [3.63, 3.8) is 0 Å². The van der Waals surface area contributed by atoms with Crippen molar-refractivity contribution < 1.29 is 23.5 Å². The van der Waals surface area contributed by atoms with Gasteiger partial charge in [0.15, 0.2) is 0 Å². The first kappa shape index (κ1) is 18.0. The van der Waals surface area contributed by atoms with E-state index in [4.69, 9.17) is 9.47 Å². The molecule has 0 spiro atoms. The highest BCUT2D eigenvalue weighted by Crippen LogP contribution is 2.26. The van der Waals surface area contributed by atoms with Crippen molar-refractivity contribution in [2.24, 2.45) is 0 Å². The number of urea groups is 1. The van der Waals surface area contributed by atoms with Crippen LogP contribution in [0.2, 0.25) is 0 Å². The van der Waals surface area contributed by atoms with Crippen LogP contribution in [-0.2, 0) is 9.53 Å². The number of benzene rings is 1. The van der Waals surface area contributed by atoms with E-state index in [-0.39, 0.29) is 12.6 Å². The van der Waals surface area contributed by atoms with Crippen LogP contribution in [0.5, 0.6) is 5.75 Å². The molecule has 8 heteroatoms. The average Bonchev–Trinajstić information content (AvgIpc) is 3.05. The van der Waals surface area contributed by atoms with Crippen LogP contribution >= 0.6 is 0 Å². The molecule has 7 nitrogen and oxygen atoms in total. The first-order valence-corrected chi connectivity index (χ1v) is 7.94. The Bertz CT molecular complexity index is 576. The third-order valence-electron chi connectivity index (χ3n) is 3.42. The minimum Gasteiger partial charge on any atom is -0.489 e. The van der Waals surface area contributed by atoms with Crippen molar-refractivity contribution in [3.8, 4) is 5.75 Å². The fourth-order valence-corrected chi connectivity index (χ4v) is 2.28. The van der Waals surface area contributed by atoms with Crippen LogP contribution in [0, 0.1) is 5.82 Å². The maximum Gasteiger partial charge on any atom is 0.321 e. The summed E-state index contributed by atoms with van der Waals surface area (Å²) in [6.07, 6.45) is 1.96. The molecule has 2 rings (SSSR count). The van der Waals surface area contributed by atoms with Gasteiger partial charge in [0.25, 0.3) is 0 Å². The van der Waals surface area contributed by atoms with Crippen LogP contribution in [0.4, 0.5) is 14.9 Å². The molecule has 3 amide bonds. The Morgan fingerprint density at radius 1 is 1.42 bits per heavy atom. The molecule has 1 heterocycles. The summed E-state index contributed by atoms with van der Waals surface area (Å²) in [5.41, 5.74) is 0.346. The van der Waals surface area contributed by atoms with Gasteiger partial charge in [-0.05, 0) is 31.9 Å². The number of hydrogen-bond donors (Lipinski definition) is 3. The molecule has 132 valence electrons. The van der Waals surface area contributed by atoms with Gasteiger partial charge in [-0.15, -0.1) is 0 Å². The predicted octanol–water partition coefficient (Wildman–Crippen LogP) is 1.64. The lowest BCUT2D eigenvalue weighted by molar-refractivity contribution is -0.118. The van der Waals surface area contributed by atoms with Crippen molar-refractivity contribution in [2.75, 3.05) is 31.6 Å². The summed E-state index contributed by atoms with van der Waals surface area (Å²) in [7, 11) is 0. The molecule has 0 saturated carbocycles. The molecule has 0 radical (unpaired) electrons. The van der Waals surface area contributed by atoms with Crippen molar-refractivity contribution in [1.82, 2.24) is 10.6 Å². The highest BCUT2D eigenvalue weighted by Gasteiger charge is 2.17. The molecular formula is C16H22FN3O4. The monoisotopic (exact) mass is 339 g/mol. The molecule has 0 unspecified atom stereocenters. The summed E-state index contributed by atoms with van der Waals surface area (Å²) in [4.78, 5) is 22.9. The van der Waals surface area contributed by atoms with Crippen molar-refractivity contribution >= 4 is 17.6 Å². The third-order valence-corrected chi connectivity index (χ3v) is 3.42. The second-order valence-corrected chi connectivity index (χ2v) is 5.35. The summed E-state index contributed by atoms with van der Waals surface area (Å²) >= 11 is 0. The van der Waals surface area contributed by atoms with E-state index in [1.165, 1.54) is 18.2 Å². The van der Waals surface area contributed by atoms with E-state index in [1.54, 1.807) is 6.92 Å². The van der Waals surface area contributed by atoms with E-state index < -0.39 is 17.8 Å². The van der Waals surface area contributed by atoms with Crippen LogP contribution in [0.15, 0.2) is 18.2 Å². The highest BCUT2D eigenvalue weighted by atomic mass is 19.1. The van der Waals surface area contributed by atoms with Gasteiger partial charge in [0.2, 0.25) is 5.91 Å². The second-order valence-electron chi connectivity index (χ2n) is 5.35. The van der Waals surface area contributed by atoms with Crippen molar-refractivity contribution in [1.29, 1.82) is 0 Å². The number of amides is 3. The Labute approximate surface area is 139 Å². The Hall–Kier alpha value is -2.35. The Kier molecular flexibility index (Phi) is 6.80. The summed E-state index contributed by atoms with van der Waals surface area (Å²) in [6, 6.07) is 3.45. The molecule has 0 aromatic heterocycles. The molecule has 3 N–H and O–H groups in total. The maximum atomic E-state index is 13.4. The fourth-order valence-electron chi connectivity index (χ4n) is 2.28. The molecule has 1 fully saturated rings. The highest BCUT2D eigenvalue weighted by molar-refractivity contribution is 5.96. The number of carbonyl (C=O) groups excluding carboxylic acids is 2. The number of halogens is 1. The van der Waals surface area contributed by atoms with Gasteiger partial charge in [-0.25, -0.2) is 9.18 Å². The number of hydrogen-bond acceptors (Lipinski definition) is 5. The fraction of sp³-hybridized carbons (Fsp3) is 0.500. The number of carbonyl (C=O) groups is 2. The van der Waals surface area contributed by atoms with Gasteiger partial charge in [-0.2, -0.15) is 0 Å². The van der Waals surface area contributed by atoms with Gasteiger partial charge in [-0.3, -0.25) is 10.1 Å². The number of ether oxygens (including phenoxy) is 2. The molecule has 0 aliphatic carbocycles. The number of nitrogens with one attached hydrogen (secondary N) is 3. The van der Waals surface area contributed by atoms with Crippen LogP contribution in [0.1, 0.15) is 19.8 Å². The minimum absolute atomic E-state index is 0.0314. The minimum atomic E-state index is -0.571. The quantitative estimate of drug-likeness (QED) is 0.703.